The zero-order chi connectivity index (χ0) is 13.9. The van der Waals surface area contributed by atoms with Crippen molar-refractivity contribution in [1.29, 1.82) is 0 Å². The van der Waals surface area contributed by atoms with Crippen molar-refractivity contribution in [2.24, 2.45) is 10.2 Å². The number of hydrogen-bond acceptors (Lipinski definition) is 4. The molecule has 3 rings (SSSR count). The van der Waals surface area contributed by atoms with Crippen molar-refractivity contribution in [3.05, 3.63) is 60.7 Å². The fraction of sp³-hybridized carbons (Fsp3) is 0. The van der Waals surface area contributed by atoms with E-state index in [9.17, 15) is 10.2 Å². The summed E-state index contributed by atoms with van der Waals surface area (Å²) >= 11 is 0. The zero-order valence-corrected chi connectivity index (χ0v) is 10.6. The molecule has 4 heteroatoms. The van der Waals surface area contributed by atoms with Crippen molar-refractivity contribution in [3.63, 3.8) is 0 Å². The molecule has 0 heterocycles. The Hall–Kier alpha value is -2.88. The molecular formula is C16H12N2O2. The van der Waals surface area contributed by atoms with Crippen molar-refractivity contribution in [3.8, 4) is 11.5 Å². The molecule has 0 aliphatic carbocycles. The first-order valence-electron chi connectivity index (χ1n) is 6.16. The summed E-state index contributed by atoms with van der Waals surface area (Å²) in [5.74, 6) is -0.437. The second kappa shape index (κ2) is 5.01. The number of phenolic OH excluding ortho intramolecular Hbond substituents is 2. The molecule has 2 N–H and O–H groups in total. The fourth-order valence-corrected chi connectivity index (χ4v) is 1.99. The highest BCUT2D eigenvalue weighted by Crippen LogP contribution is 2.42. The standard InChI is InChI=1S/C16H12N2O2/c19-15-13-9-5-4-6-11(13)10-14(16(15)20)18-17-12-7-2-1-3-8-12/h1-10,19-20H. The lowest BCUT2D eigenvalue weighted by molar-refractivity contribution is 0.409. The molecule has 3 aromatic carbocycles. The molecular weight excluding hydrogens is 252 g/mol. The molecule has 0 aliphatic rings. The quantitative estimate of drug-likeness (QED) is 0.522. The van der Waals surface area contributed by atoms with Gasteiger partial charge >= 0.3 is 0 Å². The summed E-state index contributed by atoms with van der Waals surface area (Å²) < 4.78 is 0. The van der Waals surface area contributed by atoms with Gasteiger partial charge in [-0.25, -0.2) is 0 Å². The van der Waals surface area contributed by atoms with Gasteiger partial charge in [-0.3, -0.25) is 0 Å². The van der Waals surface area contributed by atoms with Crippen LogP contribution < -0.4 is 0 Å². The maximum absolute atomic E-state index is 9.98. The number of hydrogen-bond donors (Lipinski definition) is 2. The molecule has 0 amide bonds. The molecule has 0 aromatic heterocycles. The number of azo groups is 1. The van der Waals surface area contributed by atoms with E-state index in [0.717, 1.165) is 5.39 Å². The third-order valence-corrected chi connectivity index (χ3v) is 3.00. The Balaban J connectivity index is 2.08. The van der Waals surface area contributed by atoms with Gasteiger partial charge in [-0.2, -0.15) is 5.11 Å². The van der Waals surface area contributed by atoms with Gasteiger partial charge in [0.15, 0.2) is 11.5 Å². The predicted octanol–water partition coefficient (Wildman–Crippen LogP) is 4.67. The Labute approximate surface area is 115 Å². The second-order valence-corrected chi connectivity index (χ2v) is 4.35. The number of fused-ring (bicyclic) bond motifs is 1. The Morgan fingerprint density at radius 1 is 0.700 bits per heavy atom. The Kier molecular flexibility index (Phi) is 3.05. The van der Waals surface area contributed by atoms with E-state index < -0.39 is 0 Å². The van der Waals surface area contributed by atoms with E-state index in [1.54, 1.807) is 30.3 Å². The first kappa shape index (κ1) is 12.2. The van der Waals surface area contributed by atoms with Crippen LogP contribution in [-0.2, 0) is 0 Å². The fourth-order valence-electron chi connectivity index (χ4n) is 1.99. The maximum atomic E-state index is 9.98. The molecule has 0 aliphatic heterocycles. The highest BCUT2D eigenvalue weighted by atomic mass is 16.3. The predicted molar refractivity (Wildman–Crippen MR) is 77.9 cm³/mol. The molecule has 0 saturated carbocycles. The normalized spacial score (nSPS) is 11.2. The van der Waals surface area contributed by atoms with Crippen LogP contribution in [0.15, 0.2) is 70.9 Å². The third-order valence-electron chi connectivity index (χ3n) is 3.00. The highest BCUT2D eigenvalue weighted by molar-refractivity contribution is 5.94. The van der Waals surface area contributed by atoms with Crippen LogP contribution in [0.5, 0.6) is 11.5 Å². The van der Waals surface area contributed by atoms with E-state index >= 15 is 0 Å². The average molecular weight is 264 g/mol. The molecule has 4 nitrogen and oxygen atoms in total. The summed E-state index contributed by atoms with van der Waals surface area (Å²) in [6, 6.07) is 18.1. The van der Waals surface area contributed by atoms with E-state index in [1.807, 2.05) is 30.3 Å². The van der Waals surface area contributed by atoms with Crippen LogP contribution in [0.4, 0.5) is 11.4 Å². The van der Waals surface area contributed by atoms with Gasteiger partial charge in [-0.1, -0.05) is 42.5 Å². The lowest BCUT2D eigenvalue weighted by Gasteiger charge is -2.05. The highest BCUT2D eigenvalue weighted by Gasteiger charge is 2.11. The summed E-state index contributed by atoms with van der Waals surface area (Å²) in [5, 5.41) is 29.4. The van der Waals surface area contributed by atoms with Crippen molar-refractivity contribution in [2.45, 2.75) is 0 Å². The van der Waals surface area contributed by atoms with E-state index in [-0.39, 0.29) is 17.2 Å². The van der Waals surface area contributed by atoms with E-state index in [2.05, 4.69) is 10.2 Å². The molecule has 0 spiro atoms. The molecule has 20 heavy (non-hydrogen) atoms. The van der Waals surface area contributed by atoms with Crippen molar-refractivity contribution in [2.75, 3.05) is 0 Å². The minimum Gasteiger partial charge on any atom is -0.504 e. The van der Waals surface area contributed by atoms with Crippen molar-refractivity contribution >= 4 is 22.1 Å². The van der Waals surface area contributed by atoms with Gasteiger partial charge < -0.3 is 10.2 Å². The van der Waals surface area contributed by atoms with E-state index in [1.165, 1.54) is 0 Å². The summed E-state index contributed by atoms with van der Waals surface area (Å²) in [4.78, 5) is 0. The maximum Gasteiger partial charge on any atom is 0.186 e. The van der Waals surface area contributed by atoms with Crippen LogP contribution in [0.25, 0.3) is 10.8 Å². The molecule has 98 valence electrons. The van der Waals surface area contributed by atoms with E-state index in [4.69, 9.17) is 0 Å². The average Bonchev–Trinajstić information content (AvgIpc) is 2.50. The van der Waals surface area contributed by atoms with Crippen LogP contribution in [0.3, 0.4) is 0 Å². The molecule has 0 radical (unpaired) electrons. The Morgan fingerprint density at radius 3 is 2.20 bits per heavy atom. The Morgan fingerprint density at radius 2 is 1.40 bits per heavy atom. The zero-order valence-electron chi connectivity index (χ0n) is 10.6. The first-order valence-corrected chi connectivity index (χ1v) is 6.16. The van der Waals surface area contributed by atoms with Crippen molar-refractivity contribution < 1.29 is 10.2 Å². The van der Waals surface area contributed by atoms with Crippen LogP contribution in [0.2, 0.25) is 0 Å². The molecule has 0 fully saturated rings. The minimum absolute atomic E-state index is 0.176. The number of rotatable bonds is 2. The van der Waals surface area contributed by atoms with Gasteiger partial charge in [0.05, 0.1) is 5.69 Å². The summed E-state index contributed by atoms with van der Waals surface area (Å²) in [6.07, 6.45) is 0. The number of aromatic hydroxyl groups is 2. The lowest BCUT2D eigenvalue weighted by Crippen LogP contribution is -1.76. The summed E-state index contributed by atoms with van der Waals surface area (Å²) in [7, 11) is 0. The van der Waals surface area contributed by atoms with Gasteiger partial charge in [0.1, 0.15) is 5.69 Å². The smallest absolute Gasteiger partial charge is 0.186 e. The van der Waals surface area contributed by atoms with Crippen LogP contribution in [-0.4, -0.2) is 10.2 Å². The van der Waals surface area contributed by atoms with Gasteiger partial charge in [0.25, 0.3) is 0 Å². The molecule has 3 aromatic rings. The molecule has 0 unspecified atom stereocenters. The van der Waals surface area contributed by atoms with E-state index in [0.29, 0.717) is 11.1 Å². The number of phenols is 2. The monoisotopic (exact) mass is 264 g/mol. The first-order chi connectivity index (χ1) is 9.75. The topological polar surface area (TPSA) is 65.2 Å². The Bertz CT molecular complexity index is 783. The van der Waals surface area contributed by atoms with Crippen LogP contribution >= 0.6 is 0 Å². The van der Waals surface area contributed by atoms with Gasteiger partial charge in [0, 0.05) is 5.39 Å². The second-order valence-electron chi connectivity index (χ2n) is 4.35. The van der Waals surface area contributed by atoms with Crippen molar-refractivity contribution in [1.82, 2.24) is 0 Å². The minimum atomic E-state index is -0.261. The SMILES string of the molecule is Oc1c(N=Nc2ccccc2)cc2ccccc2c1O. The molecule has 0 saturated heterocycles. The van der Waals surface area contributed by atoms with Crippen LogP contribution in [0, 0.1) is 0 Å². The van der Waals surface area contributed by atoms with Gasteiger partial charge in [0.2, 0.25) is 0 Å². The summed E-state index contributed by atoms with van der Waals surface area (Å²) in [6.45, 7) is 0. The van der Waals surface area contributed by atoms with Gasteiger partial charge in [-0.15, -0.1) is 5.11 Å². The summed E-state index contributed by atoms with van der Waals surface area (Å²) in [5.41, 5.74) is 0.921. The lowest BCUT2D eigenvalue weighted by atomic mass is 10.1. The third kappa shape index (κ3) is 2.19. The number of nitrogens with zero attached hydrogens (tertiary/aromatic N) is 2. The molecule has 0 atom stereocenters. The number of benzene rings is 3. The van der Waals surface area contributed by atoms with Gasteiger partial charge in [-0.05, 0) is 23.6 Å². The largest absolute Gasteiger partial charge is 0.504 e. The molecule has 0 bridgehead atoms. The van der Waals surface area contributed by atoms with Crippen LogP contribution in [0.1, 0.15) is 0 Å².